The number of halogens is 1. The molecular weight excluding hydrogens is 304 g/mol. The second kappa shape index (κ2) is 7.36. The molecule has 0 radical (unpaired) electrons. The first-order valence-electron chi connectivity index (χ1n) is 6.52. The van der Waals surface area contributed by atoms with Gasteiger partial charge in [0.05, 0.1) is 12.8 Å². The number of benzene rings is 1. The summed E-state index contributed by atoms with van der Waals surface area (Å²) in [5.41, 5.74) is 1.15. The summed E-state index contributed by atoms with van der Waals surface area (Å²) in [6.07, 6.45) is 1.73. The Bertz CT molecular complexity index is 467. The van der Waals surface area contributed by atoms with E-state index in [0.717, 1.165) is 42.1 Å². The van der Waals surface area contributed by atoms with Gasteiger partial charge in [-0.2, -0.15) is 0 Å². The fourth-order valence-electron chi connectivity index (χ4n) is 1.90. The third-order valence-corrected chi connectivity index (χ3v) is 3.54. The largest absolute Gasteiger partial charge is 0.468 e. The van der Waals surface area contributed by atoms with E-state index in [4.69, 9.17) is 4.42 Å². The van der Waals surface area contributed by atoms with E-state index in [-0.39, 0.29) is 0 Å². The molecular formula is C15H19BrN2O. The summed E-state index contributed by atoms with van der Waals surface area (Å²) in [5.74, 6) is 1.02. The van der Waals surface area contributed by atoms with Crippen molar-refractivity contribution in [2.45, 2.75) is 13.5 Å². The molecule has 0 saturated heterocycles. The van der Waals surface area contributed by atoms with Crippen LogP contribution in [0.2, 0.25) is 0 Å². The highest BCUT2D eigenvalue weighted by molar-refractivity contribution is 9.10. The van der Waals surface area contributed by atoms with Crippen LogP contribution in [-0.2, 0) is 6.54 Å². The maximum Gasteiger partial charge on any atom is 0.117 e. The molecule has 1 aromatic carbocycles. The zero-order valence-corrected chi connectivity index (χ0v) is 12.7. The van der Waals surface area contributed by atoms with Crippen molar-refractivity contribution in [3.05, 3.63) is 52.9 Å². The SMILES string of the molecule is CCN(CCNc1ccc(Br)cc1)Cc1ccco1. The summed E-state index contributed by atoms with van der Waals surface area (Å²) in [5, 5.41) is 3.42. The molecule has 0 aliphatic rings. The first-order valence-corrected chi connectivity index (χ1v) is 7.31. The summed E-state index contributed by atoms with van der Waals surface area (Å²) < 4.78 is 6.48. The van der Waals surface area contributed by atoms with Gasteiger partial charge in [0.2, 0.25) is 0 Å². The zero-order chi connectivity index (χ0) is 13.5. The van der Waals surface area contributed by atoms with E-state index >= 15 is 0 Å². The van der Waals surface area contributed by atoms with Crippen LogP contribution in [0.5, 0.6) is 0 Å². The highest BCUT2D eigenvalue weighted by Crippen LogP contribution is 2.13. The average Bonchev–Trinajstić information content (AvgIpc) is 2.93. The van der Waals surface area contributed by atoms with Crippen LogP contribution in [0.4, 0.5) is 5.69 Å². The van der Waals surface area contributed by atoms with Gasteiger partial charge < -0.3 is 9.73 Å². The van der Waals surface area contributed by atoms with Crippen molar-refractivity contribution >= 4 is 21.6 Å². The summed E-state index contributed by atoms with van der Waals surface area (Å²) in [6, 6.07) is 12.2. The average molecular weight is 323 g/mol. The van der Waals surface area contributed by atoms with E-state index in [1.54, 1.807) is 6.26 Å². The van der Waals surface area contributed by atoms with Crippen LogP contribution in [0, 0.1) is 0 Å². The molecule has 0 bridgehead atoms. The smallest absolute Gasteiger partial charge is 0.117 e. The first kappa shape index (κ1) is 14.2. The Hall–Kier alpha value is -1.26. The molecule has 1 heterocycles. The van der Waals surface area contributed by atoms with Crippen molar-refractivity contribution in [1.29, 1.82) is 0 Å². The normalized spacial score (nSPS) is 10.9. The quantitative estimate of drug-likeness (QED) is 0.835. The van der Waals surface area contributed by atoms with Gasteiger partial charge in [-0.15, -0.1) is 0 Å². The fourth-order valence-corrected chi connectivity index (χ4v) is 2.16. The van der Waals surface area contributed by atoms with E-state index < -0.39 is 0 Å². The van der Waals surface area contributed by atoms with Gasteiger partial charge >= 0.3 is 0 Å². The van der Waals surface area contributed by atoms with Gasteiger partial charge in [0, 0.05) is 23.2 Å². The van der Waals surface area contributed by atoms with Gasteiger partial charge in [-0.25, -0.2) is 0 Å². The number of anilines is 1. The zero-order valence-electron chi connectivity index (χ0n) is 11.1. The van der Waals surface area contributed by atoms with Gasteiger partial charge in [-0.1, -0.05) is 22.9 Å². The lowest BCUT2D eigenvalue weighted by atomic mass is 10.3. The molecule has 0 fully saturated rings. The highest BCUT2D eigenvalue weighted by Gasteiger charge is 2.05. The topological polar surface area (TPSA) is 28.4 Å². The Morgan fingerprint density at radius 1 is 1.21 bits per heavy atom. The minimum atomic E-state index is 0.867. The number of likely N-dealkylation sites (N-methyl/N-ethyl adjacent to an activating group) is 1. The van der Waals surface area contributed by atoms with Gasteiger partial charge in [0.15, 0.2) is 0 Å². The minimum absolute atomic E-state index is 0.867. The number of nitrogens with zero attached hydrogens (tertiary/aromatic N) is 1. The van der Waals surface area contributed by atoms with Gasteiger partial charge in [-0.3, -0.25) is 4.90 Å². The Morgan fingerprint density at radius 2 is 2.00 bits per heavy atom. The molecule has 2 rings (SSSR count). The number of nitrogens with one attached hydrogen (secondary N) is 1. The van der Waals surface area contributed by atoms with Gasteiger partial charge in [0.1, 0.15) is 5.76 Å². The number of hydrogen-bond donors (Lipinski definition) is 1. The predicted octanol–water partition coefficient (Wildman–Crippen LogP) is 3.98. The molecule has 0 aliphatic carbocycles. The van der Waals surface area contributed by atoms with Crippen LogP contribution in [0.15, 0.2) is 51.6 Å². The molecule has 0 unspecified atom stereocenters. The first-order chi connectivity index (χ1) is 9.28. The number of furan rings is 1. The monoisotopic (exact) mass is 322 g/mol. The summed E-state index contributed by atoms with van der Waals surface area (Å²) >= 11 is 3.43. The number of hydrogen-bond acceptors (Lipinski definition) is 3. The highest BCUT2D eigenvalue weighted by atomic mass is 79.9. The Balaban J connectivity index is 1.75. The molecule has 0 atom stereocenters. The fraction of sp³-hybridized carbons (Fsp3) is 0.333. The summed E-state index contributed by atoms with van der Waals surface area (Å²) in [6.45, 7) is 5.97. The van der Waals surface area contributed by atoms with Crippen molar-refractivity contribution in [3.8, 4) is 0 Å². The molecule has 19 heavy (non-hydrogen) atoms. The van der Waals surface area contributed by atoms with Crippen molar-refractivity contribution in [3.63, 3.8) is 0 Å². The maximum absolute atomic E-state index is 5.38. The van der Waals surface area contributed by atoms with Crippen LogP contribution >= 0.6 is 15.9 Å². The van der Waals surface area contributed by atoms with Gasteiger partial charge in [-0.05, 0) is 42.9 Å². The maximum atomic E-state index is 5.38. The molecule has 3 nitrogen and oxygen atoms in total. The second-order valence-electron chi connectivity index (χ2n) is 4.38. The van der Waals surface area contributed by atoms with E-state index in [1.807, 2.05) is 24.3 Å². The summed E-state index contributed by atoms with van der Waals surface area (Å²) in [7, 11) is 0. The third kappa shape index (κ3) is 4.73. The lowest BCUT2D eigenvalue weighted by Crippen LogP contribution is -2.28. The van der Waals surface area contributed by atoms with Gasteiger partial charge in [0.25, 0.3) is 0 Å². The molecule has 2 aromatic rings. The molecule has 1 aromatic heterocycles. The van der Waals surface area contributed by atoms with Crippen molar-refractivity contribution < 1.29 is 4.42 Å². The van der Waals surface area contributed by atoms with Crippen molar-refractivity contribution in [2.75, 3.05) is 25.0 Å². The summed E-state index contributed by atoms with van der Waals surface area (Å²) in [4.78, 5) is 2.35. The van der Waals surface area contributed by atoms with E-state index in [0.29, 0.717) is 0 Å². The second-order valence-corrected chi connectivity index (χ2v) is 5.30. The number of rotatable bonds is 7. The van der Waals surface area contributed by atoms with Crippen LogP contribution < -0.4 is 5.32 Å². The van der Waals surface area contributed by atoms with Crippen molar-refractivity contribution in [1.82, 2.24) is 4.90 Å². The molecule has 0 spiro atoms. The van der Waals surface area contributed by atoms with Crippen LogP contribution in [-0.4, -0.2) is 24.5 Å². The van der Waals surface area contributed by atoms with E-state index in [2.05, 4.69) is 45.2 Å². The van der Waals surface area contributed by atoms with E-state index in [9.17, 15) is 0 Å². The Labute approximate surface area is 122 Å². The minimum Gasteiger partial charge on any atom is -0.468 e. The Morgan fingerprint density at radius 3 is 2.63 bits per heavy atom. The molecule has 0 amide bonds. The van der Waals surface area contributed by atoms with Crippen molar-refractivity contribution in [2.24, 2.45) is 0 Å². The molecule has 1 N–H and O–H groups in total. The molecule has 0 aliphatic heterocycles. The Kier molecular flexibility index (Phi) is 5.48. The van der Waals surface area contributed by atoms with Crippen LogP contribution in [0.25, 0.3) is 0 Å². The third-order valence-electron chi connectivity index (χ3n) is 3.01. The lowest BCUT2D eigenvalue weighted by molar-refractivity contribution is 0.265. The standard InChI is InChI=1S/C15H19BrN2O/c1-2-18(12-15-4-3-11-19-15)10-9-17-14-7-5-13(16)6-8-14/h3-8,11,17H,2,9-10,12H2,1H3. The molecule has 4 heteroatoms. The van der Waals surface area contributed by atoms with Crippen LogP contribution in [0.3, 0.4) is 0 Å². The van der Waals surface area contributed by atoms with Crippen LogP contribution in [0.1, 0.15) is 12.7 Å². The van der Waals surface area contributed by atoms with E-state index in [1.165, 1.54) is 0 Å². The molecule has 102 valence electrons. The lowest BCUT2D eigenvalue weighted by Gasteiger charge is -2.19. The molecule has 0 saturated carbocycles. The predicted molar refractivity (Wildman–Crippen MR) is 82.3 cm³/mol.